The summed E-state index contributed by atoms with van der Waals surface area (Å²) in [6, 6.07) is -0.707. The lowest BCUT2D eigenvalue weighted by Crippen LogP contribution is -2.46. The number of aliphatic hydroxyl groups excluding tert-OH is 2. The number of aliphatic hydroxyl groups is 2. The third-order valence-electron chi connectivity index (χ3n) is 10.4. The molecule has 0 saturated heterocycles. The van der Waals surface area contributed by atoms with Crippen LogP contribution in [0.15, 0.2) is 48.6 Å². The second-order valence-electron chi connectivity index (χ2n) is 15.8. The van der Waals surface area contributed by atoms with Gasteiger partial charge in [-0.1, -0.05) is 185 Å². The van der Waals surface area contributed by atoms with Crippen LogP contribution in [0.2, 0.25) is 0 Å². The molecule has 0 saturated carbocycles. The van der Waals surface area contributed by atoms with Crippen LogP contribution in [-0.4, -0.2) is 46.9 Å². The standard InChI is InChI=1S/C49H89NO5/c1-4-7-10-13-16-19-21-23-25-27-30-33-36-39-42-49(54)55-45(40-37-34-31-29-26-24-22-20-17-14-11-8-5-2)43-48(53)50-46(44-51)47(52)41-38-35-32-28-18-15-12-9-6-3/h7,10,16-17,19-20,22,24,45-47,51-52H,4-6,8-9,11-15,18,21,23,25-44H2,1-3H3,(H,50,53)/b10-7+,19-16+,20-17+,24-22+. The Balaban J connectivity index is 4.64. The van der Waals surface area contributed by atoms with Crippen LogP contribution in [0.1, 0.15) is 226 Å². The van der Waals surface area contributed by atoms with Gasteiger partial charge in [0.05, 0.1) is 25.2 Å². The molecule has 0 aliphatic heterocycles. The van der Waals surface area contributed by atoms with Gasteiger partial charge in [0.2, 0.25) is 5.91 Å². The van der Waals surface area contributed by atoms with Crippen molar-refractivity contribution in [3.05, 3.63) is 48.6 Å². The van der Waals surface area contributed by atoms with Gasteiger partial charge in [0.25, 0.3) is 0 Å². The van der Waals surface area contributed by atoms with Crippen LogP contribution in [0.25, 0.3) is 0 Å². The molecule has 0 heterocycles. The average Bonchev–Trinajstić information content (AvgIpc) is 3.18. The molecule has 1 amide bonds. The Hall–Kier alpha value is -2.18. The van der Waals surface area contributed by atoms with E-state index in [0.717, 1.165) is 96.3 Å². The molecule has 0 radical (unpaired) electrons. The van der Waals surface area contributed by atoms with Gasteiger partial charge in [-0.15, -0.1) is 0 Å². The first kappa shape index (κ1) is 52.8. The zero-order valence-corrected chi connectivity index (χ0v) is 36.3. The summed E-state index contributed by atoms with van der Waals surface area (Å²) in [6.45, 7) is 6.31. The van der Waals surface area contributed by atoms with E-state index in [0.29, 0.717) is 19.3 Å². The van der Waals surface area contributed by atoms with Gasteiger partial charge in [-0.3, -0.25) is 9.59 Å². The molecule has 55 heavy (non-hydrogen) atoms. The average molecular weight is 772 g/mol. The lowest BCUT2D eigenvalue weighted by atomic mass is 10.0. The van der Waals surface area contributed by atoms with Crippen molar-refractivity contribution in [3.63, 3.8) is 0 Å². The van der Waals surface area contributed by atoms with Crippen LogP contribution < -0.4 is 5.32 Å². The molecule has 0 fully saturated rings. The highest BCUT2D eigenvalue weighted by atomic mass is 16.5. The van der Waals surface area contributed by atoms with Crippen LogP contribution in [0.3, 0.4) is 0 Å². The summed E-state index contributed by atoms with van der Waals surface area (Å²) < 4.78 is 5.90. The molecule has 0 spiro atoms. The Bertz CT molecular complexity index is 957. The largest absolute Gasteiger partial charge is 0.462 e. The van der Waals surface area contributed by atoms with Gasteiger partial charge in [-0.05, 0) is 77.0 Å². The first-order chi connectivity index (χ1) is 27.0. The Morgan fingerprint density at radius 3 is 1.62 bits per heavy atom. The summed E-state index contributed by atoms with van der Waals surface area (Å²) in [4.78, 5) is 26.0. The number of ether oxygens (including phenoxy) is 1. The van der Waals surface area contributed by atoms with Crippen LogP contribution in [0.5, 0.6) is 0 Å². The minimum Gasteiger partial charge on any atom is -0.462 e. The summed E-state index contributed by atoms with van der Waals surface area (Å²) in [5.74, 6) is -0.505. The number of carbonyl (C=O) groups is 2. The predicted molar refractivity (Wildman–Crippen MR) is 236 cm³/mol. The minimum absolute atomic E-state index is 0.0605. The molecule has 0 rings (SSSR count). The smallest absolute Gasteiger partial charge is 0.306 e. The summed E-state index contributed by atoms with van der Waals surface area (Å²) in [7, 11) is 0. The third kappa shape index (κ3) is 38.5. The fourth-order valence-corrected chi connectivity index (χ4v) is 6.87. The highest BCUT2D eigenvalue weighted by Gasteiger charge is 2.24. The van der Waals surface area contributed by atoms with Crippen molar-refractivity contribution < 1.29 is 24.5 Å². The number of hydrogen-bond acceptors (Lipinski definition) is 5. The predicted octanol–water partition coefficient (Wildman–Crippen LogP) is 13.5. The number of amides is 1. The number of allylic oxidation sites excluding steroid dienone is 8. The van der Waals surface area contributed by atoms with Crippen molar-refractivity contribution in [1.82, 2.24) is 5.32 Å². The van der Waals surface area contributed by atoms with Crippen LogP contribution in [-0.2, 0) is 14.3 Å². The summed E-state index contributed by atoms with van der Waals surface area (Å²) in [5, 5.41) is 23.6. The highest BCUT2D eigenvalue weighted by molar-refractivity contribution is 5.77. The molecule has 0 aliphatic carbocycles. The molecule has 0 aromatic heterocycles. The molecular weight excluding hydrogens is 683 g/mol. The molecule has 0 aromatic rings. The van der Waals surface area contributed by atoms with E-state index >= 15 is 0 Å². The van der Waals surface area contributed by atoms with E-state index in [1.165, 1.54) is 83.5 Å². The van der Waals surface area contributed by atoms with Crippen LogP contribution >= 0.6 is 0 Å². The lowest BCUT2D eigenvalue weighted by Gasteiger charge is -2.24. The van der Waals surface area contributed by atoms with E-state index in [2.05, 4.69) is 74.7 Å². The van der Waals surface area contributed by atoms with Crippen molar-refractivity contribution >= 4 is 11.9 Å². The van der Waals surface area contributed by atoms with Gasteiger partial charge < -0.3 is 20.3 Å². The van der Waals surface area contributed by atoms with Crippen LogP contribution in [0.4, 0.5) is 0 Å². The maximum absolute atomic E-state index is 13.1. The SMILES string of the molecule is CC/C=C/C/C=C/CCCCCCCCCC(=O)OC(CCCCCC/C=C/C=C/CCCCC)CC(=O)NC(CO)C(O)CCCCCCCCCCC. The lowest BCUT2D eigenvalue weighted by molar-refractivity contribution is -0.151. The fourth-order valence-electron chi connectivity index (χ4n) is 6.87. The van der Waals surface area contributed by atoms with E-state index in [1.54, 1.807) is 0 Å². The number of carbonyl (C=O) groups excluding carboxylic acids is 2. The second-order valence-corrected chi connectivity index (χ2v) is 15.8. The molecule has 320 valence electrons. The number of rotatable bonds is 41. The zero-order chi connectivity index (χ0) is 40.3. The van der Waals surface area contributed by atoms with Gasteiger partial charge in [0.15, 0.2) is 0 Å². The van der Waals surface area contributed by atoms with Gasteiger partial charge >= 0.3 is 5.97 Å². The summed E-state index contributed by atoms with van der Waals surface area (Å²) >= 11 is 0. The number of hydrogen-bond donors (Lipinski definition) is 3. The van der Waals surface area contributed by atoms with Crippen molar-refractivity contribution in [2.24, 2.45) is 0 Å². The van der Waals surface area contributed by atoms with E-state index in [4.69, 9.17) is 4.74 Å². The first-order valence-corrected chi connectivity index (χ1v) is 23.4. The molecule has 3 unspecified atom stereocenters. The van der Waals surface area contributed by atoms with Crippen molar-refractivity contribution in [2.45, 2.75) is 244 Å². The van der Waals surface area contributed by atoms with Crippen molar-refractivity contribution in [2.75, 3.05) is 6.61 Å². The Kier molecular flexibility index (Phi) is 41.2. The van der Waals surface area contributed by atoms with Crippen molar-refractivity contribution in [1.29, 1.82) is 0 Å². The van der Waals surface area contributed by atoms with Crippen LogP contribution in [0, 0.1) is 0 Å². The van der Waals surface area contributed by atoms with Gasteiger partial charge in [-0.25, -0.2) is 0 Å². The maximum atomic E-state index is 13.1. The Morgan fingerprint density at radius 1 is 0.564 bits per heavy atom. The molecule has 3 atom stereocenters. The minimum atomic E-state index is -0.792. The third-order valence-corrected chi connectivity index (χ3v) is 10.4. The number of unbranched alkanes of at least 4 members (excludes halogenated alkanes) is 22. The molecule has 0 aromatic carbocycles. The zero-order valence-electron chi connectivity index (χ0n) is 36.3. The molecule has 0 bridgehead atoms. The normalized spacial score (nSPS) is 13.8. The second kappa shape index (κ2) is 43.0. The number of esters is 1. The summed E-state index contributed by atoms with van der Waals surface area (Å²) in [5.41, 5.74) is 0. The van der Waals surface area contributed by atoms with Gasteiger partial charge in [0, 0.05) is 6.42 Å². The van der Waals surface area contributed by atoms with E-state index in [1.807, 2.05) is 0 Å². The topological polar surface area (TPSA) is 95.9 Å². The summed E-state index contributed by atoms with van der Waals surface area (Å²) in [6.07, 6.45) is 50.3. The maximum Gasteiger partial charge on any atom is 0.306 e. The van der Waals surface area contributed by atoms with Gasteiger partial charge in [-0.2, -0.15) is 0 Å². The van der Waals surface area contributed by atoms with Gasteiger partial charge in [0.1, 0.15) is 6.10 Å². The molecular formula is C49H89NO5. The first-order valence-electron chi connectivity index (χ1n) is 23.4. The van der Waals surface area contributed by atoms with E-state index in [9.17, 15) is 19.8 Å². The monoisotopic (exact) mass is 772 g/mol. The fraction of sp³-hybridized carbons (Fsp3) is 0.796. The highest BCUT2D eigenvalue weighted by Crippen LogP contribution is 2.17. The molecule has 3 N–H and O–H groups in total. The molecule has 0 aliphatic rings. The Labute approximate surface area is 340 Å². The van der Waals surface area contributed by atoms with Crippen molar-refractivity contribution in [3.8, 4) is 0 Å². The molecule has 6 nitrogen and oxygen atoms in total. The quantitative estimate of drug-likeness (QED) is 0.0249. The van der Waals surface area contributed by atoms with E-state index in [-0.39, 0.29) is 24.9 Å². The number of nitrogens with one attached hydrogen (secondary N) is 1. The molecule has 6 heteroatoms. The van der Waals surface area contributed by atoms with E-state index < -0.39 is 18.2 Å². The Morgan fingerprint density at radius 2 is 1.04 bits per heavy atom.